The largest absolute Gasteiger partial charge is 0.502 e. The third kappa shape index (κ3) is 4.64. The van der Waals surface area contributed by atoms with Crippen molar-refractivity contribution in [3.05, 3.63) is 42.2 Å². The molecular weight excluding hydrogens is 389 g/mol. The molecule has 1 aromatic rings. The van der Waals surface area contributed by atoms with E-state index in [-0.39, 0.29) is 12.7 Å². The Morgan fingerprint density at radius 2 is 1.54 bits per heavy atom. The van der Waals surface area contributed by atoms with Gasteiger partial charge in [-0.05, 0) is 32.1 Å². The molecule has 0 saturated heterocycles. The maximum Gasteiger partial charge on any atom is 0.460 e. The molecule has 0 heterocycles. The molecule has 0 fully saturated rings. The zero-order valence-electron chi connectivity index (χ0n) is 13.8. The predicted molar refractivity (Wildman–Crippen MR) is 83.6 cm³/mol. The average Bonchev–Trinajstić information content (AvgIpc) is 2.53. The van der Waals surface area contributed by atoms with E-state index < -0.39 is 29.4 Å². The number of thioether (sulfide) groups is 1. The van der Waals surface area contributed by atoms with E-state index in [1.165, 1.54) is 19.1 Å². The topological polar surface area (TPSA) is 29.5 Å². The van der Waals surface area contributed by atoms with Gasteiger partial charge in [-0.15, -0.1) is 11.8 Å². The van der Waals surface area contributed by atoms with E-state index in [4.69, 9.17) is 0 Å². The number of aliphatic hydroxyl groups is 1. The quantitative estimate of drug-likeness (QED) is 0.366. The van der Waals surface area contributed by atoms with E-state index in [1.807, 2.05) is 0 Å². The van der Waals surface area contributed by atoms with Gasteiger partial charge in [0.2, 0.25) is 0 Å². The van der Waals surface area contributed by atoms with Crippen molar-refractivity contribution in [3.8, 4) is 0 Å². The summed E-state index contributed by atoms with van der Waals surface area (Å²) in [6.07, 6.45) is -5.94. The van der Waals surface area contributed by atoms with Gasteiger partial charge in [0.15, 0.2) is 5.60 Å². The fourth-order valence-electron chi connectivity index (χ4n) is 1.78. The van der Waals surface area contributed by atoms with Gasteiger partial charge in [-0.1, -0.05) is 17.7 Å². The molecule has 26 heavy (non-hydrogen) atoms. The van der Waals surface area contributed by atoms with E-state index in [9.17, 15) is 35.8 Å². The number of hydrogen-bond donors (Lipinski definition) is 1. The van der Waals surface area contributed by atoms with Crippen LogP contribution in [-0.4, -0.2) is 41.1 Å². The second-order valence-electron chi connectivity index (χ2n) is 5.43. The molecule has 1 atom stereocenters. The average molecular weight is 406 g/mol. The summed E-state index contributed by atoms with van der Waals surface area (Å²) in [4.78, 5) is 0.310. The lowest BCUT2D eigenvalue weighted by Gasteiger charge is -2.38. The maximum atomic E-state index is 14.1. The molecule has 0 saturated carbocycles. The van der Waals surface area contributed by atoms with Crippen molar-refractivity contribution < 1.29 is 40.6 Å². The first-order valence-electron chi connectivity index (χ1n) is 7.32. The first-order chi connectivity index (χ1) is 11.8. The Kier molecular flexibility index (Phi) is 7.03. The molecule has 0 aliphatic rings. The Bertz CT molecular complexity index is 614. The number of hydrogen-bond acceptors (Lipinski definition) is 3. The fraction of sp³-hybridized carbons (Fsp3) is 0.500. The molecule has 0 aromatic heterocycles. The van der Waals surface area contributed by atoms with Crippen LogP contribution in [0.3, 0.4) is 0 Å². The highest BCUT2D eigenvalue weighted by Gasteiger charge is 2.79. The summed E-state index contributed by atoms with van der Waals surface area (Å²) in [6.45, 7) is 3.12. The third-order valence-electron chi connectivity index (χ3n) is 3.38. The zero-order valence-corrected chi connectivity index (χ0v) is 14.6. The first-order valence-corrected chi connectivity index (χ1v) is 8.30. The molecule has 148 valence electrons. The molecule has 1 N–H and O–H groups in total. The predicted octanol–water partition coefficient (Wildman–Crippen LogP) is 5.20. The SMILES string of the molecule is CCO/C=C/[C@@](O)(CSc1ccc(C)cc1)C(F)(F)C(F)(F)C(F)(F)F. The minimum atomic E-state index is -6.54. The number of rotatable bonds is 8. The molecule has 0 unspecified atom stereocenters. The van der Waals surface area contributed by atoms with Crippen LogP contribution in [0.2, 0.25) is 0 Å². The van der Waals surface area contributed by atoms with E-state index in [1.54, 1.807) is 19.1 Å². The Hall–Kier alpha value is -1.42. The number of aryl methyl sites for hydroxylation is 1. The van der Waals surface area contributed by atoms with Crippen LogP contribution in [0.4, 0.5) is 30.7 Å². The van der Waals surface area contributed by atoms with E-state index in [2.05, 4.69) is 4.74 Å². The van der Waals surface area contributed by atoms with Crippen LogP contribution in [0.5, 0.6) is 0 Å². The molecule has 1 rings (SSSR count). The maximum absolute atomic E-state index is 14.1. The van der Waals surface area contributed by atoms with Crippen molar-refractivity contribution in [3.63, 3.8) is 0 Å². The molecule has 0 bridgehead atoms. The summed E-state index contributed by atoms with van der Waals surface area (Å²) in [5.41, 5.74) is -2.98. The molecule has 2 nitrogen and oxygen atoms in total. The van der Waals surface area contributed by atoms with Crippen molar-refractivity contribution in [1.82, 2.24) is 0 Å². The molecule has 0 radical (unpaired) electrons. The van der Waals surface area contributed by atoms with Gasteiger partial charge in [-0.3, -0.25) is 0 Å². The standard InChI is InChI=1S/C16H17F7O2S/c1-3-25-9-8-13(24,10-26-12-6-4-11(2)5-7-12)14(17,18)15(19,20)16(21,22)23/h4-9,24H,3,10H2,1-2H3/b9-8+/t13-/m1/s1. The smallest absolute Gasteiger partial charge is 0.460 e. The van der Waals surface area contributed by atoms with Gasteiger partial charge in [0, 0.05) is 10.6 Å². The highest BCUT2D eigenvalue weighted by Crippen LogP contribution is 2.52. The molecule has 0 amide bonds. The molecule has 0 aliphatic heterocycles. The molecule has 0 spiro atoms. The van der Waals surface area contributed by atoms with Crippen LogP contribution in [0, 0.1) is 6.92 Å². The van der Waals surface area contributed by atoms with E-state index in [0.717, 1.165) is 5.56 Å². The summed E-state index contributed by atoms with van der Waals surface area (Å²) in [7, 11) is 0. The number of benzene rings is 1. The zero-order chi connectivity index (χ0) is 20.2. The molecule has 0 aliphatic carbocycles. The van der Waals surface area contributed by atoms with Gasteiger partial charge in [-0.25, -0.2) is 0 Å². The Labute approximate surface area is 150 Å². The van der Waals surface area contributed by atoms with Gasteiger partial charge in [0.05, 0.1) is 12.9 Å². The van der Waals surface area contributed by atoms with E-state index >= 15 is 0 Å². The lowest BCUT2D eigenvalue weighted by atomic mass is 9.92. The fourth-order valence-corrected chi connectivity index (χ4v) is 2.77. The van der Waals surface area contributed by atoms with Crippen LogP contribution in [0.15, 0.2) is 41.5 Å². The van der Waals surface area contributed by atoms with Crippen LogP contribution in [0.25, 0.3) is 0 Å². The van der Waals surface area contributed by atoms with Crippen molar-refractivity contribution in [2.45, 2.75) is 42.4 Å². The summed E-state index contributed by atoms with van der Waals surface area (Å²) in [6, 6.07) is 6.12. The molecule has 10 heteroatoms. The van der Waals surface area contributed by atoms with Crippen molar-refractivity contribution >= 4 is 11.8 Å². The van der Waals surface area contributed by atoms with Crippen molar-refractivity contribution in [2.24, 2.45) is 0 Å². The van der Waals surface area contributed by atoms with Gasteiger partial charge < -0.3 is 9.84 Å². The minimum Gasteiger partial charge on any atom is -0.502 e. The van der Waals surface area contributed by atoms with E-state index in [0.29, 0.717) is 22.9 Å². The normalized spacial score (nSPS) is 15.9. The number of halogens is 7. The Morgan fingerprint density at radius 1 is 1.00 bits per heavy atom. The van der Waals surface area contributed by atoms with Crippen LogP contribution >= 0.6 is 11.8 Å². The van der Waals surface area contributed by atoms with Crippen molar-refractivity contribution in [1.29, 1.82) is 0 Å². The molecular formula is C16H17F7O2S. The van der Waals surface area contributed by atoms with Gasteiger partial charge in [0.25, 0.3) is 0 Å². The van der Waals surface area contributed by atoms with Gasteiger partial charge in [-0.2, -0.15) is 30.7 Å². The van der Waals surface area contributed by atoms with Crippen LogP contribution in [0.1, 0.15) is 12.5 Å². The number of ether oxygens (including phenoxy) is 1. The van der Waals surface area contributed by atoms with Crippen molar-refractivity contribution in [2.75, 3.05) is 12.4 Å². The second kappa shape index (κ2) is 8.08. The summed E-state index contributed by atoms with van der Waals surface area (Å²) in [5, 5.41) is 10.1. The van der Waals surface area contributed by atoms with Gasteiger partial charge in [0.1, 0.15) is 0 Å². The molecule has 1 aromatic carbocycles. The second-order valence-corrected chi connectivity index (χ2v) is 6.48. The minimum absolute atomic E-state index is 0.0566. The lowest BCUT2D eigenvalue weighted by Crippen LogP contribution is -2.64. The van der Waals surface area contributed by atoms with Gasteiger partial charge >= 0.3 is 18.0 Å². The summed E-state index contributed by atoms with van der Waals surface area (Å²) < 4.78 is 96.9. The highest BCUT2D eigenvalue weighted by atomic mass is 32.2. The number of alkyl halides is 7. The Morgan fingerprint density at radius 3 is 2.00 bits per heavy atom. The lowest BCUT2D eigenvalue weighted by molar-refractivity contribution is -0.379. The monoisotopic (exact) mass is 406 g/mol. The Balaban J connectivity index is 3.21. The summed E-state index contributed by atoms with van der Waals surface area (Å²) >= 11 is 0.510. The van der Waals surface area contributed by atoms with Crippen LogP contribution < -0.4 is 0 Å². The van der Waals surface area contributed by atoms with Crippen LogP contribution in [-0.2, 0) is 4.74 Å². The first kappa shape index (κ1) is 22.6. The third-order valence-corrected chi connectivity index (χ3v) is 4.57. The highest BCUT2D eigenvalue weighted by molar-refractivity contribution is 7.99. The summed E-state index contributed by atoms with van der Waals surface area (Å²) in [5.74, 6) is -13.4.